The Hall–Kier alpha value is -5.22. The molecule has 4 saturated carbocycles. The second-order valence-corrected chi connectivity index (χ2v) is 22.3. The summed E-state index contributed by atoms with van der Waals surface area (Å²) in [6, 6.07) is 59.8. The molecule has 0 radical (unpaired) electrons. The largest absolute Gasteiger partial charge is 0.310 e. The molecule has 4 aliphatic carbocycles. The summed E-state index contributed by atoms with van der Waals surface area (Å²) in [6.45, 7) is 0. The average Bonchev–Trinajstić information content (AvgIpc) is 3.85. The first-order valence-electron chi connectivity index (χ1n) is 20.5. The van der Waals surface area contributed by atoms with Crippen molar-refractivity contribution in [3.8, 4) is 22.3 Å². The predicted molar refractivity (Wildman–Crippen MR) is 233 cm³/mol. The molecule has 4 heterocycles. The maximum atomic E-state index is 2.71. The van der Waals surface area contributed by atoms with Crippen molar-refractivity contribution in [3.63, 3.8) is 0 Å². The molecule has 4 fully saturated rings. The normalized spacial score (nSPS) is 25.3. The Morgan fingerprint density at radius 2 is 1.04 bits per heavy atom. The third-order valence-corrected chi connectivity index (χ3v) is 21.5. The highest BCUT2D eigenvalue weighted by atomic mass is 32.1. The van der Waals surface area contributed by atoms with E-state index in [9.17, 15) is 0 Å². The summed E-state index contributed by atoms with van der Waals surface area (Å²) in [7, 11) is -2.58. The summed E-state index contributed by atoms with van der Waals surface area (Å²) < 4.78 is 2.80. The van der Waals surface area contributed by atoms with Crippen LogP contribution >= 0.6 is 11.3 Å². The minimum absolute atomic E-state index is 0.0549. The van der Waals surface area contributed by atoms with Gasteiger partial charge in [0.15, 0.2) is 8.07 Å². The van der Waals surface area contributed by atoms with Crippen molar-refractivity contribution >= 4 is 77.4 Å². The lowest BCUT2D eigenvalue weighted by atomic mass is 9.41. The highest BCUT2D eigenvalue weighted by molar-refractivity contribution is 7.26. The van der Waals surface area contributed by atoms with Gasteiger partial charge in [0.05, 0.1) is 11.4 Å². The zero-order valence-corrected chi connectivity index (χ0v) is 32.5. The molecule has 3 heteroatoms. The van der Waals surface area contributed by atoms with E-state index >= 15 is 0 Å². The van der Waals surface area contributed by atoms with Crippen LogP contribution in [0.25, 0.3) is 42.4 Å². The van der Waals surface area contributed by atoms with E-state index in [0.29, 0.717) is 11.8 Å². The number of anilines is 3. The third kappa shape index (κ3) is 3.49. The van der Waals surface area contributed by atoms with Gasteiger partial charge < -0.3 is 4.90 Å². The van der Waals surface area contributed by atoms with E-state index in [4.69, 9.17) is 0 Å². The highest BCUT2D eigenvalue weighted by Gasteiger charge is 2.62. The van der Waals surface area contributed by atoms with E-state index in [2.05, 4.69) is 157 Å². The third-order valence-electron chi connectivity index (χ3n) is 15.4. The van der Waals surface area contributed by atoms with Gasteiger partial charge in [-0.05, 0) is 146 Å². The van der Waals surface area contributed by atoms with Crippen molar-refractivity contribution in [2.24, 2.45) is 23.7 Å². The Bertz CT molecular complexity index is 2900. The van der Waals surface area contributed by atoms with Gasteiger partial charge in [0.1, 0.15) is 0 Å². The van der Waals surface area contributed by atoms with Gasteiger partial charge in [-0.25, -0.2) is 0 Å². The van der Waals surface area contributed by atoms with Gasteiger partial charge >= 0.3 is 0 Å². The van der Waals surface area contributed by atoms with Crippen LogP contribution in [-0.4, -0.2) is 8.07 Å². The Morgan fingerprint density at radius 3 is 1.73 bits per heavy atom. The van der Waals surface area contributed by atoms with Crippen molar-refractivity contribution in [1.82, 2.24) is 0 Å². The Kier molecular flexibility index (Phi) is 5.65. The smallest absolute Gasteiger partial charge is 0.182 e. The molecule has 0 unspecified atom stereocenters. The van der Waals surface area contributed by atoms with Gasteiger partial charge in [-0.3, -0.25) is 0 Å². The first-order chi connectivity index (χ1) is 27.2. The van der Waals surface area contributed by atoms with Crippen molar-refractivity contribution in [3.05, 3.63) is 163 Å². The van der Waals surface area contributed by atoms with Crippen LogP contribution in [0.2, 0.25) is 0 Å². The molecule has 0 amide bonds. The summed E-state index contributed by atoms with van der Waals surface area (Å²) >= 11 is 1.97. The Balaban J connectivity index is 1.08. The quantitative estimate of drug-likeness (QED) is 0.152. The maximum Gasteiger partial charge on any atom is 0.182 e. The molecule has 262 valence electrons. The zero-order valence-electron chi connectivity index (χ0n) is 30.6. The number of rotatable bonds is 1. The highest BCUT2D eigenvalue weighted by Crippen LogP contribution is 2.70. The van der Waals surface area contributed by atoms with E-state index < -0.39 is 8.07 Å². The van der Waals surface area contributed by atoms with Crippen molar-refractivity contribution in [2.75, 3.05) is 4.90 Å². The fourth-order valence-corrected chi connectivity index (χ4v) is 20.6. The van der Waals surface area contributed by atoms with E-state index in [1.807, 2.05) is 11.3 Å². The SMILES string of the molecule is c1ccc2c(c1)-c1ccccc1[Si]21c2ccccc2-c2ccc(N3c4ccccc4C4(c5cc6c(cc53)sc3ccccc36)C3CC5CC(C3)CC4C5)cc21. The van der Waals surface area contributed by atoms with Crippen LogP contribution in [0.4, 0.5) is 17.1 Å². The summed E-state index contributed by atoms with van der Waals surface area (Å²) in [4.78, 5) is 2.71. The monoisotopic (exact) mass is 737 g/mol. The Labute approximate surface area is 326 Å². The number of nitrogens with zero attached hydrogens (tertiary/aromatic N) is 1. The lowest BCUT2D eigenvalue weighted by Crippen LogP contribution is -2.70. The van der Waals surface area contributed by atoms with Crippen LogP contribution in [0.1, 0.15) is 43.2 Å². The molecule has 0 N–H and O–H groups in total. The summed E-state index contributed by atoms with van der Waals surface area (Å²) in [5, 5.41) is 9.02. The van der Waals surface area contributed by atoms with Gasteiger partial charge in [-0.2, -0.15) is 0 Å². The number of hydrogen-bond donors (Lipinski definition) is 0. The Morgan fingerprint density at radius 1 is 0.455 bits per heavy atom. The van der Waals surface area contributed by atoms with Crippen LogP contribution in [0.3, 0.4) is 0 Å². The molecule has 55 heavy (non-hydrogen) atoms. The molecular formula is C52H39NSSi. The fourth-order valence-electron chi connectivity index (χ4n) is 13.9. The van der Waals surface area contributed by atoms with Crippen molar-refractivity contribution < 1.29 is 0 Å². The first-order valence-corrected chi connectivity index (χ1v) is 23.3. The molecule has 15 rings (SSSR count). The molecule has 0 saturated heterocycles. The van der Waals surface area contributed by atoms with E-state index in [1.54, 1.807) is 31.9 Å². The lowest BCUT2D eigenvalue weighted by molar-refractivity contribution is -0.0418. The molecule has 1 nitrogen and oxygen atoms in total. The second kappa shape index (κ2) is 10.3. The van der Waals surface area contributed by atoms with Gasteiger partial charge in [-0.15, -0.1) is 11.3 Å². The number of thiophene rings is 1. The van der Waals surface area contributed by atoms with Crippen LogP contribution in [0.5, 0.6) is 0 Å². The summed E-state index contributed by atoms with van der Waals surface area (Å²) in [5.74, 6) is 3.21. The summed E-state index contributed by atoms with van der Waals surface area (Å²) in [6.07, 6.45) is 6.99. The lowest BCUT2D eigenvalue weighted by Gasteiger charge is -2.64. The van der Waals surface area contributed by atoms with Crippen LogP contribution in [0.15, 0.2) is 152 Å². The number of para-hydroxylation sites is 1. The van der Waals surface area contributed by atoms with Crippen molar-refractivity contribution in [1.29, 1.82) is 0 Å². The van der Waals surface area contributed by atoms with E-state index in [1.165, 1.54) is 91.6 Å². The van der Waals surface area contributed by atoms with Gasteiger partial charge in [0, 0.05) is 31.3 Å². The van der Waals surface area contributed by atoms with Crippen LogP contribution in [-0.2, 0) is 5.41 Å². The molecule has 3 aliphatic heterocycles. The topological polar surface area (TPSA) is 3.24 Å². The minimum atomic E-state index is -2.58. The number of hydrogen-bond acceptors (Lipinski definition) is 2. The standard InChI is InChI=1S/C52H39NSSi/c1-7-17-46-36(11-1)41-29-43-45(30-47(41)54-46)53(44-16-6-5-15-42(44)52(43)33-24-31-23-32(26-33)27-34(52)25-31)35-21-22-40-39-14-4-10-20-50(39)55(51(40)28-35)48-18-8-2-12-37(48)38-13-3-9-19-49(38)55/h1-22,28-34H,23-27H2. The van der Waals surface area contributed by atoms with Gasteiger partial charge in [0.2, 0.25) is 0 Å². The predicted octanol–water partition coefficient (Wildman–Crippen LogP) is 10.9. The number of fused-ring (bicyclic) bond motifs is 15. The molecule has 7 aliphatic rings. The first kappa shape index (κ1) is 30.1. The molecule has 4 bridgehead atoms. The van der Waals surface area contributed by atoms with E-state index in [0.717, 1.165) is 11.8 Å². The molecule has 2 spiro atoms. The summed E-state index contributed by atoms with van der Waals surface area (Å²) in [5.41, 5.74) is 13.0. The van der Waals surface area contributed by atoms with Crippen molar-refractivity contribution in [2.45, 2.75) is 37.5 Å². The number of benzene rings is 7. The average molecular weight is 738 g/mol. The van der Waals surface area contributed by atoms with Gasteiger partial charge in [0.25, 0.3) is 0 Å². The fraction of sp³-hybridized carbons (Fsp3) is 0.192. The zero-order chi connectivity index (χ0) is 35.6. The molecule has 1 aromatic heterocycles. The molecular weight excluding hydrogens is 699 g/mol. The van der Waals surface area contributed by atoms with E-state index in [-0.39, 0.29) is 5.41 Å². The molecule has 7 aromatic carbocycles. The molecule has 8 aromatic rings. The second-order valence-electron chi connectivity index (χ2n) is 17.6. The maximum absolute atomic E-state index is 2.71. The van der Waals surface area contributed by atoms with Crippen LogP contribution < -0.4 is 25.6 Å². The van der Waals surface area contributed by atoms with Crippen LogP contribution in [0, 0.1) is 23.7 Å². The van der Waals surface area contributed by atoms with Gasteiger partial charge in [-0.1, -0.05) is 115 Å². The minimum Gasteiger partial charge on any atom is -0.310 e. The molecule has 0 atom stereocenters.